The summed E-state index contributed by atoms with van der Waals surface area (Å²) in [7, 11) is 0. The van der Waals surface area contributed by atoms with E-state index in [0.717, 1.165) is 12.8 Å². The highest BCUT2D eigenvalue weighted by atomic mass is 16.3. The van der Waals surface area contributed by atoms with Crippen LogP contribution in [0.2, 0.25) is 0 Å². The Morgan fingerprint density at radius 2 is 2.05 bits per heavy atom. The molecule has 1 aliphatic heterocycles. The molecule has 1 aromatic carbocycles. The summed E-state index contributed by atoms with van der Waals surface area (Å²) in [5.41, 5.74) is 0.575. The Kier molecular flexibility index (Phi) is 4.27. The summed E-state index contributed by atoms with van der Waals surface area (Å²) < 4.78 is 0. The maximum atomic E-state index is 12.2. The summed E-state index contributed by atoms with van der Waals surface area (Å²) in [4.78, 5) is 25.3. The maximum absolute atomic E-state index is 12.2. The van der Waals surface area contributed by atoms with Crippen LogP contribution in [0.5, 0.6) is 11.5 Å². The van der Waals surface area contributed by atoms with Crippen LogP contribution in [-0.2, 0) is 16.0 Å². The number of likely N-dealkylation sites (tertiary alicyclic amines) is 1. The molecular formula is C15H19NO4. The van der Waals surface area contributed by atoms with Crippen molar-refractivity contribution in [1.82, 2.24) is 4.90 Å². The number of amides is 2. The van der Waals surface area contributed by atoms with Crippen molar-refractivity contribution in [3.05, 3.63) is 23.8 Å². The van der Waals surface area contributed by atoms with Gasteiger partial charge in [-0.2, -0.15) is 0 Å². The van der Waals surface area contributed by atoms with E-state index in [-0.39, 0.29) is 29.7 Å². The van der Waals surface area contributed by atoms with Gasteiger partial charge in [0.25, 0.3) is 0 Å². The number of carbonyl (C=O) groups excluding carboxylic acids is 2. The molecule has 0 radical (unpaired) electrons. The molecule has 108 valence electrons. The molecule has 20 heavy (non-hydrogen) atoms. The molecule has 1 heterocycles. The average molecular weight is 277 g/mol. The Bertz CT molecular complexity index is 527. The molecule has 2 amide bonds. The Hall–Kier alpha value is -2.04. The van der Waals surface area contributed by atoms with E-state index in [1.807, 2.05) is 6.92 Å². The van der Waals surface area contributed by atoms with E-state index in [1.54, 1.807) is 6.07 Å². The molecule has 0 bridgehead atoms. The topological polar surface area (TPSA) is 77.8 Å². The fourth-order valence-electron chi connectivity index (χ4n) is 2.45. The summed E-state index contributed by atoms with van der Waals surface area (Å²) in [5, 5.41) is 19.0. The summed E-state index contributed by atoms with van der Waals surface area (Å²) in [6.07, 6.45) is 2.26. The third-order valence-corrected chi connectivity index (χ3v) is 3.61. The molecule has 1 aromatic rings. The Balaban J connectivity index is 2.07. The number of carbonyl (C=O) groups is 2. The summed E-state index contributed by atoms with van der Waals surface area (Å²) in [5.74, 6) is -0.764. The van der Waals surface area contributed by atoms with Crippen molar-refractivity contribution >= 4 is 11.8 Å². The number of phenolic OH excluding ortho intramolecular Hbond substituents is 2. The lowest BCUT2D eigenvalue weighted by atomic mass is 9.97. The van der Waals surface area contributed by atoms with Gasteiger partial charge in [-0.15, -0.1) is 0 Å². The van der Waals surface area contributed by atoms with Crippen molar-refractivity contribution < 1.29 is 19.8 Å². The van der Waals surface area contributed by atoms with Crippen molar-refractivity contribution in [2.75, 3.05) is 6.54 Å². The normalized spacial score (nSPS) is 18.9. The van der Waals surface area contributed by atoms with Crippen molar-refractivity contribution in [1.29, 1.82) is 0 Å². The van der Waals surface area contributed by atoms with Crippen LogP contribution in [0.1, 0.15) is 31.7 Å². The van der Waals surface area contributed by atoms with Crippen molar-refractivity contribution in [3.8, 4) is 11.5 Å². The van der Waals surface area contributed by atoms with Crippen LogP contribution in [0.4, 0.5) is 0 Å². The highest BCUT2D eigenvalue weighted by Gasteiger charge is 2.38. The van der Waals surface area contributed by atoms with Gasteiger partial charge >= 0.3 is 0 Å². The number of nitrogens with zero attached hydrogens (tertiary/aromatic N) is 1. The number of phenols is 2. The second-order valence-corrected chi connectivity index (χ2v) is 5.16. The number of hydrogen-bond donors (Lipinski definition) is 2. The van der Waals surface area contributed by atoms with Crippen molar-refractivity contribution in [3.63, 3.8) is 0 Å². The first kappa shape index (κ1) is 14.4. The summed E-state index contributed by atoms with van der Waals surface area (Å²) >= 11 is 0. The van der Waals surface area contributed by atoms with Gasteiger partial charge in [0.2, 0.25) is 11.8 Å². The monoisotopic (exact) mass is 277 g/mol. The van der Waals surface area contributed by atoms with Crippen LogP contribution in [0, 0.1) is 5.92 Å². The molecular weight excluding hydrogens is 258 g/mol. The number of rotatable bonds is 5. The van der Waals surface area contributed by atoms with Gasteiger partial charge < -0.3 is 10.2 Å². The number of benzene rings is 1. The van der Waals surface area contributed by atoms with E-state index in [2.05, 4.69) is 0 Å². The molecule has 1 atom stereocenters. The van der Waals surface area contributed by atoms with E-state index in [0.29, 0.717) is 18.5 Å². The molecule has 2 N–H and O–H groups in total. The number of imide groups is 1. The third-order valence-electron chi connectivity index (χ3n) is 3.61. The molecule has 1 aliphatic rings. The van der Waals surface area contributed by atoms with Crippen LogP contribution in [-0.4, -0.2) is 33.5 Å². The highest BCUT2D eigenvalue weighted by molar-refractivity contribution is 6.03. The molecule has 5 heteroatoms. The second kappa shape index (κ2) is 5.94. The highest BCUT2D eigenvalue weighted by Crippen LogP contribution is 2.29. The Labute approximate surface area is 117 Å². The van der Waals surface area contributed by atoms with Gasteiger partial charge in [0.05, 0.1) is 5.92 Å². The molecule has 0 aliphatic carbocycles. The van der Waals surface area contributed by atoms with Crippen LogP contribution < -0.4 is 0 Å². The van der Waals surface area contributed by atoms with Gasteiger partial charge in [0.15, 0.2) is 0 Å². The third kappa shape index (κ3) is 2.92. The number of aromatic hydroxyl groups is 2. The summed E-state index contributed by atoms with van der Waals surface area (Å²) in [6, 6.07) is 4.29. The second-order valence-electron chi connectivity index (χ2n) is 5.16. The van der Waals surface area contributed by atoms with Crippen molar-refractivity contribution in [2.24, 2.45) is 5.92 Å². The van der Waals surface area contributed by atoms with Gasteiger partial charge in [-0.1, -0.05) is 19.4 Å². The van der Waals surface area contributed by atoms with Crippen LogP contribution in [0.3, 0.4) is 0 Å². The fourth-order valence-corrected chi connectivity index (χ4v) is 2.45. The van der Waals surface area contributed by atoms with Gasteiger partial charge in [0.1, 0.15) is 11.5 Å². The standard InChI is InChI=1S/C15H19NO4/c1-2-3-6-16-14(19)8-11(15(16)20)7-10-4-5-12(17)9-13(10)18/h4-5,9,11,17-18H,2-3,6-8H2,1H3. The first-order valence-electron chi connectivity index (χ1n) is 6.88. The molecule has 1 saturated heterocycles. The molecule has 1 fully saturated rings. The lowest BCUT2D eigenvalue weighted by Crippen LogP contribution is -2.31. The zero-order chi connectivity index (χ0) is 14.7. The minimum absolute atomic E-state index is 0.0235. The minimum Gasteiger partial charge on any atom is -0.508 e. The quantitative estimate of drug-likeness (QED) is 0.805. The van der Waals surface area contributed by atoms with Crippen LogP contribution >= 0.6 is 0 Å². The Morgan fingerprint density at radius 3 is 2.70 bits per heavy atom. The van der Waals surface area contributed by atoms with E-state index in [9.17, 15) is 19.8 Å². The smallest absolute Gasteiger partial charge is 0.233 e. The van der Waals surface area contributed by atoms with Gasteiger partial charge in [-0.3, -0.25) is 14.5 Å². The van der Waals surface area contributed by atoms with E-state index >= 15 is 0 Å². The fraction of sp³-hybridized carbons (Fsp3) is 0.467. The van der Waals surface area contributed by atoms with E-state index < -0.39 is 5.92 Å². The van der Waals surface area contributed by atoms with E-state index in [4.69, 9.17) is 0 Å². The first-order valence-corrected chi connectivity index (χ1v) is 6.88. The Morgan fingerprint density at radius 1 is 1.30 bits per heavy atom. The van der Waals surface area contributed by atoms with E-state index in [1.165, 1.54) is 17.0 Å². The first-order chi connectivity index (χ1) is 9.52. The SMILES string of the molecule is CCCCN1C(=O)CC(Cc2ccc(O)cc2O)C1=O. The maximum Gasteiger partial charge on any atom is 0.233 e. The van der Waals surface area contributed by atoms with Gasteiger partial charge in [0, 0.05) is 19.0 Å². The molecule has 0 spiro atoms. The molecule has 0 saturated carbocycles. The minimum atomic E-state index is -0.408. The van der Waals surface area contributed by atoms with Crippen LogP contribution in [0.15, 0.2) is 18.2 Å². The molecule has 0 aromatic heterocycles. The predicted molar refractivity (Wildman–Crippen MR) is 73.2 cm³/mol. The van der Waals surface area contributed by atoms with Gasteiger partial charge in [-0.25, -0.2) is 0 Å². The van der Waals surface area contributed by atoms with Crippen molar-refractivity contribution in [2.45, 2.75) is 32.6 Å². The molecule has 5 nitrogen and oxygen atoms in total. The average Bonchev–Trinajstić information content (AvgIpc) is 2.66. The number of unbranched alkanes of at least 4 members (excludes halogenated alkanes) is 1. The lowest BCUT2D eigenvalue weighted by molar-refractivity contribution is -0.139. The van der Waals surface area contributed by atoms with Gasteiger partial charge in [-0.05, 0) is 24.5 Å². The lowest BCUT2D eigenvalue weighted by Gasteiger charge is -2.14. The number of hydrogen-bond acceptors (Lipinski definition) is 4. The molecule has 2 rings (SSSR count). The zero-order valence-electron chi connectivity index (χ0n) is 11.5. The largest absolute Gasteiger partial charge is 0.508 e. The predicted octanol–water partition coefficient (Wildman–Crippen LogP) is 1.82. The molecule has 1 unspecified atom stereocenters. The van der Waals surface area contributed by atoms with Crippen LogP contribution in [0.25, 0.3) is 0 Å². The zero-order valence-corrected chi connectivity index (χ0v) is 11.5. The summed E-state index contributed by atoms with van der Waals surface area (Å²) in [6.45, 7) is 2.49.